The van der Waals surface area contributed by atoms with Crippen molar-refractivity contribution in [3.8, 4) is 6.07 Å². The average Bonchev–Trinajstić information content (AvgIpc) is 2.78. The Labute approximate surface area is 103 Å². The van der Waals surface area contributed by atoms with Crippen LogP contribution in [0, 0.1) is 11.3 Å². The second-order valence-corrected chi connectivity index (χ2v) is 4.16. The molecule has 4 nitrogen and oxygen atoms in total. The Kier molecular flexibility index (Phi) is 3.48. The van der Waals surface area contributed by atoms with Crippen LogP contribution in [-0.2, 0) is 6.42 Å². The molecule has 5 heteroatoms. The molecule has 0 fully saturated rings. The van der Waals surface area contributed by atoms with Crippen molar-refractivity contribution >= 4 is 22.4 Å². The van der Waals surface area contributed by atoms with Crippen LogP contribution in [0.25, 0.3) is 0 Å². The quantitative estimate of drug-likeness (QED) is 0.900. The van der Waals surface area contributed by atoms with E-state index in [0.717, 1.165) is 0 Å². The van der Waals surface area contributed by atoms with Crippen molar-refractivity contribution in [2.75, 3.05) is 5.32 Å². The number of nitrogens with zero attached hydrogens (tertiary/aromatic N) is 2. The summed E-state index contributed by atoms with van der Waals surface area (Å²) in [6.45, 7) is 0. The van der Waals surface area contributed by atoms with Crippen LogP contribution < -0.4 is 5.32 Å². The molecule has 0 atom stereocenters. The topological polar surface area (TPSA) is 65.8 Å². The van der Waals surface area contributed by atoms with Crippen LogP contribution in [0.3, 0.4) is 0 Å². The smallest absolute Gasteiger partial charge is 0.257 e. The molecule has 0 radical (unpaired) electrons. The van der Waals surface area contributed by atoms with Gasteiger partial charge in [-0.2, -0.15) is 5.26 Å². The molecule has 0 bridgehead atoms. The number of anilines is 1. The predicted molar refractivity (Wildman–Crippen MR) is 65.8 cm³/mol. The van der Waals surface area contributed by atoms with Gasteiger partial charge in [-0.05, 0) is 12.1 Å². The second kappa shape index (κ2) is 5.23. The number of aromatic nitrogens is 1. The molecule has 0 aliphatic heterocycles. The van der Waals surface area contributed by atoms with Crippen LogP contribution in [0.1, 0.15) is 16.1 Å². The van der Waals surface area contributed by atoms with Crippen molar-refractivity contribution in [3.63, 3.8) is 0 Å². The highest BCUT2D eigenvalue weighted by atomic mass is 32.1. The lowest BCUT2D eigenvalue weighted by atomic mass is 10.2. The minimum absolute atomic E-state index is 0.191. The van der Waals surface area contributed by atoms with Gasteiger partial charge in [0, 0.05) is 10.9 Å². The molecule has 0 spiro atoms. The molecule has 1 aromatic carbocycles. The van der Waals surface area contributed by atoms with Crippen LogP contribution in [0.2, 0.25) is 0 Å². The first kappa shape index (κ1) is 11.3. The number of hydrogen-bond donors (Lipinski definition) is 1. The van der Waals surface area contributed by atoms with Crippen molar-refractivity contribution in [2.45, 2.75) is 6.42 Å². The van der Waals surface area contributed by atoms with Gasteiger partial charge < -0.3 is 0 Å². The Bertz CT molecular complexity index is 557. The van der Waals surface area contributed by atoms with Crippen molar-refractivity contribution in [2.24, 2.45) is 0 Å². The van der Waals surface area contributed by atoms with E-state index in [9.17, 15) is 4.79 Å². The van der Waals surface area contributed by atoms with E-state index in [1.165, 1.54) is 11.3 Å². The molecule has 2 aromatic rings. The fraction of sp³-hybridized carbons (Fsp3) is 0.0833. The molecule has 0 saturated carbocycles. The number of nitrogens with one attached hydrogen (secondary N) is 1. The highest BCUT2D eigenvalue weighted by Gasteiger charge is 2.08. The van der Waals surface area contributed by atoms with Crippen LogP contribution >= 0.6 is 11.3 Å². The van der Waals surface area contributed by atoms with Gasteiger partial charge in [0.05, 0.1) is 18.2 Å². The summed E-state index contributed by atoms with van der Waals surface area (Å²) in [4.78, 5) is 15.9. The molecule has 1 N–H and O–H groups in total. The van der Waals surface area contributed by atoms with Gasteiger partial charge in [-0.25, -0.2) is 4.98 Å². The van der Waals surface area contributed by atoms with Crippen molar-refractivity contribution in [1.82, 2.24) is 4.98 Å². The summed E-state index contributed by atoms with van der Waals surface area (Å²) < 4.78 is 0. The lowest BCUT2D eigenvalue weighted by Crippen LogP contribution is -2.11. The van der Waals surface area contributed by atoms with E-state index in [2.05, 4.69) is 10.3 Å². The SMILES string of the molecule is N#CCc1csc(NC(=O)c2ccccc2)n1. The van der Waals surface area contributed by atoms with Crippen LogP contribution in [0.4, 0.5) is 5.13 Å². The summed E-state index contributed by atoms with van der Waals surface area (Å²) in [5.74, 6) is -0.191. The largest absolute Gasteiger partial charge is 0.298 e. The summed E-state index contributed by atoms with van der Waals surface area (Å²) in [6.07, 6.45) is 0.262. The summed E-state index contributed by atoms with van der Waals surface area (Å²) in [5, 5.41) is 13.5. The first-order valence-corrected chi connectivity index (χ1v) is 5.85. The minimum Gasteiger partial charge on any atom is -0.298 e. The zero-order chi connectivity index (χ0) is 12.1. The van der Waals surface area contributed by atoms with Gasteiger partial charge >= 0.3 is 0 Å². The van der Waals surface area contributed by atoms with Crippen molar-refractivity contribution < 1.29 is 4.79 Å². The summed E-state index contributed by atoms with van der Waals surface area (Å²) in [7, 11) is 0. The molecule has 17 heavy (non-hydrogen) atoms. The molecule has 1 heterocycles. The standard InChI is InChI=1S/C12H9N3OS/c13-7-6-10-8-17-12(14-10)15-11(16)9-4-2-1-3-5-9/h1-5,8H,6H2,(H,14,15,16). The fourth-order valence-electron chi connectivity index (χ4n) is 1.29. The first-order valence-electron chi connectivity index (χ1n) is 4.97. The van der Waals surface area contributed by atoms with Gasteiger partial charge in [-0.15, -0.1) is 11.3 Å². The maximum atomic E-state index is 11.8. The molecule has 0 aliphatic rings. The monoisotopic (exact) mass is 243 g/mol. The Hall–Kier alpha value is -2.19. The third-order valence-electron chi connectivity index (χ3n) is 2.07. The summed E-state index contributed by atoms with van der Waals surface area (Å²) in [5.41, 5.74) is 1.27. The normalized spacial score (nSPS) is 9.59. The maximum absolute atomic E-state index is 11.8. The lowest BCUT2D eigenvalue weighted by molar-refractivity contribution is 0.102. The number of benzene rings is 1. The molecular weight excluding hydrogens is 234 g/mol. The average molecular weight is 243 g/mol. The van der Waals surface area contributed by atoms with Crippen molar-refractivity contribution in [3.05, 3.63) is 47.0 Å². The molecular formula is C12H9N3OS. The molecule has 0 aliphatic carbocycles. The third kappa shape index (κ3) is 2.89. The van der Waals surface area contributed by atoms with E-state index in [1.807, 2.05) is 12.1 Å². The Morgan fingerprint density at radius 2 is 2.18 bits per heavy atom. The highest BCUT2D eigenvalue weighted by molar-refractivity contribution is 7.14. The van der Waals surface area contributed by atoms with E-state index in [1.54, 1.807) is 29.6 Å². The zero-order valence-electron chi connectivity index (χ0n) is 8.88. The van der Waals surface area contributed by atoms with Crippen LogP contribution in [0.5, 0.6) is 0 Å². The Balaban J connectivity index is 2.06. The number of hydrogen-bond acceptors (Lipinski definition) is 4. The second-order valence-electron chi connectivity index (χ2n) is 3.30. The van der Waals surface area contributed by atoms with E-state index in [4.69, 9.17) is 5.26 Å². The van der Waals surface area contributed by atoms with Crippen LogP contribution in [0.15, 0.2) is 35.7 Å². The Morgan fingerprint density at radius 1 is 1.41 bits per heavy atom. The number of amides is 1. The number of nitriles is 1. The van der Waals surface area contributed by atoms with Gasteiger partial charge in [0.2, 0.25) is 0 Å². The maximum Gasteiger partial charge on any atom is 0.257 e. The van der Waals surface area contributed by atoms with E-state index in [-0.39, 0.29) is 12.3 Å². The molecule has 0 unspecified atom stereocenters. The van der Waals surface area contributed by atoms with Gasteiger partial charge in [0.15, 0.2) is 5.13 Å². The summed E-state index contributed by atoms with van der Waals surface area (Å²) in [6, 6.07) is 10.9. The highest BCUT2D eigenvalue weighted by Crippen LogP contribution is 2.16. The fourth-order valence-corrected chi connectivity index (χ4v) is 1.99. The minimum atomic E-state index is -0.191. The number of carbonyl (C=O) groups is 1. The zero-order valence-corrected chi connectivity index (χ0v) is 9.70. The molecule has 0 saturated heterocycles. The molecule has 84 valence electrons. The van der Waals surface area contributed by atoms with Gasteiger partial charge in [0.1, 0.15) is 0 Å². The van der Waals surface area contributed by atoms with E-state index < -0.39 is 0 Å². The first-order chi connectivity index (χ1) is 8.29. The Morgan fingerprint density at radius 3 is 2.88 bits per heavy atom. The predicted octanol–water partition coefficient (Wildman–Crippen LogP) is 2.46. The van der Waals surface area contributed by atoms with Crippen LogP contribution in [-0.4, -0.2) is 10.9 Å². The number of thiazole rings is 1. The van der Waals surface area contributed by atoms with Gasteiger partial charge in [-0.1, -0.05) is 18.2 Å². The lowest BCUT2D eigenvalue weighted by Gasteiger charge is -2.00. The summed E-state index contributed by atoms with van der Waals surface area (Å²) >= 11 is 1.32. The van der Waals surface area contributed by atoms with Crippen molar-refractivity contribution in [1.29, 1.82) is 5.26 Å². The molecule has 1 aromatic heterocycles. The van der Waals surface area contributed by atoms with E-state index in [0.29, 0.717) is 16.4 Å². The number of carbonyl (C=O) groups excluding carboxylic acids is 1. The third-order valence-corrected chi connectivity index (χ3v) is 2.87. The van der Waals surface area contributed by atoms with Gasteiger partial charge in [-0.3, -0.25) is 10.1 Å². The molecule has 1 amide bonds. The van der Waals surface area contributed by atoms with Gasteiger partial charge in [0.25, 0.3) is 5.91 Å². The molecule has 2 rings (SSSR count). The number of rotatable bonds is 3. The van der Waals surface area contributed by atoms with E-state index >= 15 is 0 Å².